The van der Waals surface area contributed by atoms with Crippen LogP contribution in [0.15, 0.2) is 109 Å². The Bertz CT molecular complexity index is 2130. The van der Waals surface area contributed by atoms with Gasteiger partial charge in [-0.2, -0.15) is 21.0 Å². The molecule has 0 bridgehead atoms. The molecule has 7 aromatic carbocycles. The fourth-order valence-electron chi connectivity index (χ4n) is 6.02. The Morgan fingerprint density at radius 1 is 0.333 bits per heavy atom. The first kappa shape index (κ1) is 24.6. The molecule has 0 heterocycles. The van der Waals surface area contributed by atoms with E-state index in [4.69, 9.17) is 0 Å². The molecule has 0 aliphatic rings. The molecule has 0 fully saturated rings. The van der Waals surface area contributed by atoms with Gasteiger partial charge in [0.15, 0.2) is 0 Å². The standard InChI is InChI=1S/C38H18N4/c39-19-29-11-25-15-33-35(17-27(25)13-31(29)21-41)38(24-9-5-2-6-10-24)36-18-28-14-32(22-42)30(20-40)12-26(28)16-34(36)37(33)23-7-3-1-4-8-23/h1-18H. The summed E-state index contributed by atoms with van der Waals surface area (Å²) in [4.78, 5) is 0. The van der Waals surface area contributed by atoms with Gasteiger partial charge in [-0.1, -0.05) is 60.7 Å². The molecule has 7 aromatic rings. The lowest BCUT2D eigenvalue weighted by molar-refractivity contribution is 1.45. The maximum absolute atomic E-state index is 9.73. The van der Waals surface area contributed by atoms with E-state index in [1.807, 2.05) is 36.4 Å². The monoisotopic (exact) mass is 530 g/mol. The van der Waals surface area contributed by atoms with Crippen LogP contribution in [0.2, 0.25) is 0 Å². The minimum absolute atomic E-state index is 0.345. The van der Waals surface area contributed by atoms with Crippen molar-refractivity contribution >= 4 is 43.1 Å². The molecule has 190 valence electrons. The third-order valence-corrected chi connectivity index (χ3v) is 7.91. The van der Waals surface area contributed by atoms with Crippen LogP contribution in [-0.4, -0.2) is 0 Å². The summed E-state index contributed by atoms with van der Waals surface area (Å²) < 4.78 is 0. The van der Waals surface area contributed by atoms with Gasteiger partial charge in [0.05, 0.1) is 22.3 Å². The van der Waals surface area contributed by atoms with E-state index in [2.05, 4.69) is 72.8 Å². The van der Waals surface area contributed by atoms with Gasteiger partial charge >= 0.3 is 0 Å². The van der Waals surface area contributed by atoms with Crippen LogP contribution < -0.4 is 0 Å². The highest BCUT2D eigenvalue weighted by Crippen LogP contribution is 2.46. The van der Waals surface area contributed by atoms with E-state index in [0.29, 0.717) is 22.3 Å². The number of hydrogen-bond acceptors (Lipinski definition) is 4. The van der Waals surface area contributed by atoms with E-state index in [1.165, 1.54) is 0 Å². The zero-order valence-electron chi connectivity index (χ0n) is 22.2. The second kappa shape index (κ2) is 9.62. The summed E-state index contributed by atoms with van der Waals surface area (Å²) in [6.45, 7) is 0. The molecule has 0 N–H and O–H groups in total. The molecule has 0 spiro atoms. The van der Waals surface area contributed by atoms with Gasteiger partial charge in [-0.15, -0.1) is 0 Å². The zero-order chi connectivity index (χ0) is 28.8. The molecular formula is C38H18N4. The Morgan fingerprint density at radius 2 is 0.595 bits per heavy atom. The van der Waals surface area contributed by atoms with E-state index in [-0.39, 0.29) is 0 Å². The van der Waals surface area contributed by atoms with Crippen LogP contribution in [0, 0.1) is 45.3 Å². The van der Waals surface area contributed by atoms with E-state index in [1.54, 1.807) is 24.3 Å². The van der Waals surface area contributed by atoms with Gasteiger partial charge in [-0.25, -0.2) is 0 Å². The minimum Gasteiger partial charge on any atom is -0.192 e. The average Bonchev–Trinajstić information content (AvgIpc) is 3.04. The lowest BCUT2D eigenvalue weighted by Crippen LogP contribution is -1.93. The molecule has 0 aliphatic heterocycles. The lowest BCUT2D eigenvalue weighted by atomic mass is 9.83. The number of fused-ring (bicyclic) bond motifs is 4. The van der Waals surface area contributed by atoms with Crippen molar-refractivity contribution in [2.75, 3.05) is 0 Å². The molecule has 0 saturated heterocycles. The first-order valence-corrected chi connectivity index (χ1v) is 13.3. The van der Waals surface area contributed by atoms with Gasteiger partial charge in [-0.05, 0) is 114 Å². The molecule has 42 heavy (non-hydrogen) atoms. The third kappa shape index (κ3) is 3.73. The van der Waals surface area contributed by atoms with Crippen LogP contribution in [0.3, 0.4) is 0 Å². The van der Waals surface area contributed by atoms with Crippen molar-refractivity contribution in [3.05, 3.63) is 131 Å². The zero-order valence-corrected chi connectivity index (χ0v) is 22.2. The van der Waals surface area contributed by atoms with Gasteiger partial charge in [0.1, 0.15) is 24.3 Å². The SMILES string of the molecule is N#Cc1cc2cc3c(-c4ccccc4)c4cc5cc(C#N)c(C#N)cc5cc4c(-c4ccccc4)c3cc2cc1C#N. The fourth-order valence-corrected chi connectivity index (χ4v) is 6.02. The van der Waals surface area contributed by atoms with Crippen molar-refractivity contribution in [1.82, 2.24) is 0 Å². The predicted octanol–water partition coefficient (Wildman–Crippen LogP) is 9.12. The second-order valence-corrected chi connectivity index (χ2v) is 10.2. The Balaban J connectivity index is 1.77. The molecule has 0 saturated carbocycles. The van der Waals surface area contributed by atoms with Crippen LogP contribution in [0.5, 0.6) is 0 Å². The molecule has 4 heteroatoms. The number of rotatable bonds is 2. The second-order valence-electron chi connectivity index (χ2n) is 10.2. The third-order valence-electron chi connectivity index (χ3n) is 7.91. The topological polar surface area (TPSA) is 95.2 Å². The summed E-state index contributed by atoms with van der Waals surface area (Å²) in [5.41, 5.74) is 5.53. The molecule has 4 nitrogen and oxygen atoms in total. The highest BCUT2D eigenvalue weighted by atomic mass is 14.3. The van der Waals surface area contributed by atoms with E-state index >= 15 is 0 Å². The Kier molecular flexibility index (Phi) is 5.63. The van der Waals surface area contributed by atoms with Gasteiger partial charge in [-0.3, -0.25) is 0 Å². The number of nitriles is 4. The Morgan fingerprint density at radius 3 is 0.833 bits per heavy atom. The van der Waals surface area contributed by atoms with Crippen molar-refractivity contribution in [3.8, 4) is 46.5 Å². The van der Waals surface area contributed by atoms with Crippen molar-refractivity contribution in [1.29, 1.82) is 21.0 Å². The first-order chi connectivity index (χ1) is 20.6. The van der Waals surface area contributed by atoms with Crippen LogP contribution in [0.1, 0.15) is 22.3 Å². The highest BCUT2D eigenvalue weighted by Gasteiger charge is 2.19. The molecule has 0 radical (unpaired) electrons. The Hall–Kier alpha value is -6.46. The molecule has 0 aromatic heterocycles. The maximum Gasteiger partial charge on any atom is 0.101 e. The predicted molar refractivity (Wildman–Crippen MR) is 166 cm³/mol. The fraction of sp³-hybridized carbons (Fsp3) is 0. The maximum atomic E-state index is 9.73. The number of benzene rings is 7. The summed E-state index contributed by atoms with van der Waals surface area (Å²) >= 11 is 0. The normalized spacial score (nSPS) is 10.8. The largest absolute Gasteiger partial charge is 0.192 e. The quantitative estimate of drug-likeness (QED) is 0.208. The van der Waals surface area contributed by atoms with Crippen molar-refractivity contribution in [2.24, 2.45) is 0 Å². The molecule has 7 rings (SSSR count). The summed E-state index contributed by atoms with van der Waals surface area (Å²) in [6, 6.07) is 44.7. The van der Waals surface area contributed by atoms with Crippen molar-refractivity contribution in [3.63, 3.8) is 0 Å². The van der Waals surface area contributed by atoms with Gasteiger partial charge in [0.25, 0.3) is 0 Å². The molecule has 0 atom stereocenters. The lowest BCUT2D eigenvalue weighted by Gasteiger charge is -2.20. The average molecular weight is 531 g/mol. The van der Waals surface area contributed by atoms with Gasteiger partial charge in [0, 0.05) is 0 Å². The van der Waals surface area contributed by atoms with Gasteiger partial charge in [0.2, 0.25) is 0 Å². The summed E-state index contributed by atoms with van der Waals surface area (Å²) in [5.74, 6) is 0. The first-order valence-electron chi connectivity index (χ1n) is 13.3. The molecule has 0 aliphatic carbocycles. The number of nitrogens with zero attached hydrogens (tertiary/aromatic N) is 4. The van der Waals surface area contributed by atoms with Crippen LogP contribution in [-0.2, 0) is 0 Å². The van der Waals surface area contributed by atoms with Crippen molar-refractivity contribution in [2.45, 2.75) is 0 Å². The minimum atomic E-state index is 0.345. The van der Waals surface area contributed by atoms with E-state index in [0.717, 1.165) is 65.3 Å². The molecule has 0 amide bonds. The Labute approximate surface area is 241 Å². The number of hydrogen-bond donors (Lipinski definition) is 0. The smallest absolute Gasteiger partial charge is 0.101 e. The van der Waals surface area contributed by atoms with Crippen LogP contribution in [0.25, 0.3) is 65.3 Å². The van der Waals surface area contributed by atoms with Crippen LogP contribution in [0.4, 0.5) is 0 Å². The van der Waals surface area contributed by atoms with Gasteiger partial charge < -0.3 is 0 Å². The summed E-state index contributed by atoms with van der Waals surface area (Å²) in [5, 5.41) is 46.5. The van der Waals surface area contributed by atoms with Crippen LogP contribution >= 0.6 is 0 Å². The van der Waals surface area contributed by atoms with Crippen molar-refractivity contribution < 1.29 is 0 Å². The van der Waals surface area contributed by atoms with E-state index < -0.39 is 0 Å². The summed E-state index contributed by atoms with van der Waals surface area (Å²) in [6.07, 6.45) is 0. The van der Waals surface area contributed by atoms with E-state index in [9.17, 15) is 21.0 Å². The molecule has 0 unspecified atom stereocenters. The highest BCUT2D eigenvalue weighted by molar-refractivity contribution is 6.25. The molecular weight excluding hydrogens is 512 g/mol. The summed E-state index contributed by atoms with van der Waals surface area (Å²) in [7, 11) is 0.